The molecular weight excluding hydrogens is 361 g/mol. The molecule has 1 N–H and O–H groups in total. The highest BCUT2D eigenvalue weighted by Gasteiger charge is 2.14. The standard InChI is InChI=1S/C14H7BrFNO3S/c15-9-2-1-7(3-10(9)16)13-17-11(6-21-13)12-4-8(5-20-12)14(18)19/h1-6H,(H,18,19). The van der Waals surface area contributed by atoms with E-state index in [0.29, 0.717) is 26.5 Å². The Kier molecular flexibility index (Phi) is 3.60. The van der Waals surface area contributed by atoms with Crippen LogP contribution in [0, 0.1) is 5.82 Å². The van der Waals surface area contributed by atoms with Crippen LogP contribution in [0.3, 0.4) is 0 Å². The molecule has 4 nitrogen and oxygen atoms in total. The molecule has 0 aliphatic rings. The van der Waals surface area contributed by atoms with E-state index in [9.17, 15) is 9.18 Å². The topological polar surface area (TPSA) is 63.3 Å². The molecular formula is C14H7BrFNO3S. The van der Waals surface area contributed by atoms with Gasteiger partial charge >= 0.3 is 5.97 Å². The third-order valence-electron chi connectivity index (χ3n) is 2.77. The van der Waals surface area contributed by atoms with Gasteiger partial charge in [-0.3, -0.25) is 0 Å². The largest absolute Gasteiger partial charge is 0.478 e. The van der Waals surface area contributed by atoms with Gasteiger partial charge in [0.05, 0.1) is 10.0 Å². The first-order chi connectivity index (χ1) is 10.0. The van der Waals surface area contributed by atoms with Crippen LogP contribution < -0.4 is 0 Å². The zero-order valence-electron chi connectivity index (χ0n) is 10.3. The van der Waals surface area contributed by atoms with E-state index in [1.165, 1.54) is 23.5 Å². The summed E-state index contributed by atoms with van der Waals surface area (Å²) in [7, 11) is 0. The molecule has 0 atom stereocenters. The van der Waals surface area contributed by atoms with Gasteiger partial charge in [-0.25, -0.2) is 14.2 Å². The number of hydrogen-bond donors (Lipinski definition) is 1. The van der Waals surface area contributed by atoms with Gasteiger partial charge in [-0.15, -0.1) is 11.3 Å². The van der Waals surface area contributed by atoms with Gasteiger partial charge in [0.1, 0.15) is 22.8 Å². The van der Waals surface area contributed by atoms with E-state index in [4.69, 9.17) is 9.52 Å². The maximum Gasteiger partial charge on any atom is 0.338 e. The van der Waals surface area contributed by atoms with E-state index in [2.05, 4.69) is 20.9 Å². The van der Waals surface area contributed by atoms with Gasteiger partial charge in [0.25, 0.3) is 0 Å². The molecule has 3 aromatic rings. The molecule has 0 saturated carbocycles. The van der Waals surface area contributed by atoms with Crippen LogP contribution >= 0.6 is 27.3 Å². The summed E-state index contributed by atoms with van der Waals surface area (Å²) in [6.45, 7) is 0. The summed E-state index contributed by atoms with van der Waals surface area (Å²) in [5.74, 6) is -1.06. The lowest BCUT2D eigenvalue weighted by molar-refractivity contribution is 0.0696. The highest BCUT2D eigenvalue weighted by molar-refractivity contribution is 9.10. The molecule has 0 bridgehead atoms. The number of aromatic carboxylic acids is 1. The third-order valence-corrected chi connectivity index (χ3v) is 4.30. The molecule has 2 aromatic heterocycles. The van der Waals surface area contributed by atoms with Crippen molar-refractivity contribution in [1.82, 2.24) is 4.98 Å². The molecule has 0 aliphatic carbocycles. The first-order valence-electron chi connectivity index (χ1n) is 5.78. The van der Waals surface area contributed by atoms with Crippen molar-refractivity contribution in [1.29, 1.82) is 0 Å². The SMILES string of the molecule is O=C(O)c1coc(-c2csc(-c3ccc(Br)c(F)c3)n2)c1. The highest BCUT2D eigenvalue weighted by Crippen LogP contribution is 2.31. The minimum Gasteiger partial charge on any atom is -0.478 e. The molecule has 7 heteroatoms. The van der Waals surface area contributed by atoms with Crippen molar-refractivity contribution in [2.75, 3.05) is 0 Å². The Morgan fingerprint density at radius 2 is 2.19 bits per heavy atom. The van der Waals surface area contributed by atoms with E-state index in [-0.39, 0.29) is 11.4 Å². The average Bonchev–Trinajstić information content (AvgIpc) is 3.09. The van der Waals surface area contributed by atoms with Crippen molar-refractivity contribution in [2.45, 2.75) is 0 Å². The van der Waals surface area contributed by atoms with Crippen molar-refractivity contribution in [3.8, 4) is 22.0 Å². The van der Waals surface area contributed by atoms with Crippen molar-refractivity contribution < 1.29 is 18.7 Å². The number of hydrogen-bond acceptors (Lipinski definition) is 4. The minimum atomic E-state index is -1.06. The van der Waals surface area contributed by atoms with Gasteiger partial charge in [0.2, 0.25) is 0 Å². The van der Waals surface area contributed by atoms with Gasteiger partial charge in [-0.2, -0.15) is 0 Å². The van der Waals surface area contributed by atoms with E-state index < -0.39 is 5.97 Å². The lowest BCUT2D eigenvalue weighted by Crippen LogP contribution is -1.91. The number of carboxylic acid groups (broad SMARTS) is 1. The second-order valence-electron chi connectivity index (χ2n) is 4.17. The molecule has 0 radical (unpaired) electrons. The van der Waals surface area contributed by atoms with Crippen LogP contribution in [0.1, 0.15) is 10.4 Å². The van der Waals surface area contributed by atoms with Crippen molar-refractivity contribution in [3.63, 3.8) is 0 Å². The van der Waals surface area contributed by atoms with E-state index in [1.54, 1.807) is 17.5 Å². The Hall–Kier alpha value is -1.99. The molecule has 0 amide bonds. The Bertz CT molecular complexity index is 827. The number of nitrogens with zero attached hydrogens (tertiary/aromatic N) is 1. The van der Waals surface area contributed by atoms with Crippen LogP contribution in [0.4, 0.5) is 4.39 Å². The second kappa shape index (κ2) is 5.42. The number of halogens is 2. The van der Waals surface area contributed by atoms with Crippen LogP contribution in [-0.2, 0) is 0 Å². The molecule has 0 aliphatic heterocycles. The highest BCUT2D eigenvalue weighted by atomic mass is 79.9. The van der Waals surface area contributed by atoms with Crippen molar-refractivity contribution >= 4 is 33.2 Å². The normalized spacial score (nSPS) is 10.8. The fourth-order valence-corrected chi connectivity index (χ4v) is 2.78. The predicted octanol–water partition coefficient (Wildman–Crippen LogP) is 4.67. The van der Waals surface area contributed by atoms with Gasteiger partial charge < -0.3 is 9.52 Å². The van der Waals surface area contributed by atoms with Gasteiger partial charge in [0.15, 0.2) is 5.76 Å². The minimum absolute atomic E-state index is 0.0641. The smallest absolute Gasteiger partial charge is 0.338 e. The number of carboxylic acids is 1. The second-order valence-corrected chi connectivity index (χ2v) is 5.88. The molecule has 21 heavy (non-hydrogen) atoms. The van der Waals surface area contributed by atoms with Crippen LogP contribution in [0.15, 0.2) is 44.8 Å². The first kappa shape index (κ1) is 14.0. The van der Waals surface area contributed by atoms with Crippen LogP contribution in [0.5, 0.6) is 0 Å². The summed E-state index contributed by atoms with van der Waals surface area (Å²) in [6.07, 6.45) is 1.16. The maximum atomic E-state index is 13.5. The number of benzene rings is 1. The molecule has 3 rings (SSSR count). The molecule has 106 valence electrons. The van der Waals surface area contributed by atoms with Crippen molar-refractivity contribution in [2.24, 2.45) is 0 Å². The summed E-state index contributed by atoms with van der Waals surface area (Å²) in [6, 6.07) is 6.16. The fourth-order valence-electron chi connectivity index (χ4n) is 1.73. The predicted molar refractivity (Wildman–Crippen MR) is 79.9 cm³/mol. The first-order valence-corrected chi connectivity index (χ1v) is 7.45. The Balaban J connectivity index is 1.95. The molecule has 2 heterocycles. The third kappa shape index (κ3) is 2.74. The summed E-state index contributed by atoms with van der Waals surface area (Å²) in [4.78, 5) is 15.2. The Morgan fingerprint density at radius 3 is 2.86 bits per heavy atom. The van der Waals surface area contributed by atoms with Gasteiger partial charge in [-0.1, -0.05) is 6.07 Å². The number of rotatable bonds is 3. The van der Waals surface area contributed by atoms with Gasteiger partial charge in [-0.05, 0) is 28.1 Å². The monoisotopic (exact) mass is 367 g/mol. The lowest BCUT2D eigenvalue weighted by Gasteiger charge is -1.98. The van der Waals surface area contributed by atoms with Crippen LogP contribution in [-0.4, -0.2) is 16.1 Å². The maximum absolute atomic E-state index is 13.5. The van der Waals surface area contributed by atoms with E-state index >= 15 is 0 Å². The number of aromatic nitrogens is 1. The molecule has 1 aromatic carbocycles. The lowest BCUT2D eigenvalue weighted by atomic mass is 10.2. The Morgan fingerprint density at radius 1 is 1.38 bits per heavy atom. The number of thiazole rings is 1. The average molecular weight is 368 g/mol. The number of carbonyl (C=O) groups is 1. The summed E-state index contributed by atoms with van der Waals surface area (Å²) in [5, 5.41) is 11.2. The molecule has 0 spiro atoms. The van der Waals surface area contributed by atoms with Gasteiger partial charge in [0, 0.05) is 17.0 Å². The zero-order chi connectivity index (χ0) is 15.0. The molecule has 0 unspecified atom stereocenters. The quantitative estimate of drug-likeness (QED) is 0.730. The molecule has 0 fully saturated rings. The zero-order valence-corrected chi connectivity index (χ0v) is 12.7. The fraction of sp³-hybridized carbons (Fsp3) is 0. The van der Waals surface area contributed by atoms with Crippen LogP contribution in [0.2, 0.25) is 0 Å². The van der Waals surface area contributed by atoms with E-state index in [0.717, 1.165) is 6.26 Å². The summed E-state index contributed by atoms with van der Waals surface area (Å²) >= 11 is 4.43. The summed E-state index contributed by atoms with van der Waals surface area (Å²) in [5.41, 5.74) is 1.23. The number of furan rings is 1. The molecule has 0 saturated heterocycles. The van der Waals surface area contributed by atoms with Crippen LogP contribution in [0.25, 0.3) is 22.0 Å². The van der Waals surface area contributed by atoms with Crippen molar-refractivity contribution in [3.05, 3.63) is 51.8 Å². The van der Waals surface area contributed by atoms with E-state index in [1.807, 2.05) is 0 Å². The Labute approximate surface area is 131 Å². The summed E-state index contributed by atoms with van der Waals surface area (Å²) < 4.78 is 19.1.